The van der Waals surface area contributed by atoms with Crippen LogP contribution in [0.3, 0.4) is 0 Å². The van der Waals surface area contributed by atoms with Gasteiger partial charge in [0, 0.05) is 43.8 Å². The summed E-state index contributed by atoms with van der Waals surface area (Å²) in [5, 5.41) is 0. The summed E-state index contributed by atoms with van der Waals surface area (Å²) in [5.41, 5.74) is 15.5. The molecule has 277 valence electrons. The molecule has 0 aliphatic carbocycles. The Morgan fingerprint density at radius 2 is 1.12 bits per heavy atom. The molecule has 0 aliphatic heterocycles. The average molecular weight is 904 g/mol. The molecule has 0 saturated heterocycles. The third-order valence-electron chi connectivity index (χ3n) is 9.98. The van der Waals surface area contributed by atoms with Crippen LogP contribution in [0.4, 0.5) is 0 Å². The van der Waals surface area contributed by atoms with Crippen molar-refractivity contribution in [2.24, 2.45) is 0 Å². The molecule has 0 aliphatic rings. The van der Waals surface area contributed by atoms with Crippen molar-refractivity contribution in [1.29, 1.82) is 0 Å². The zero-order valence-electron chi connectivity index (χ0n) is 32.3. The van der Waals surface area contributed by atoms with E-state index in [4.69, 9.17) is 19.9 Å². The summed E-state index contributed by atoms with van der Waals surface area (Å²) in [6.45, 7) is 11.1. The number of pyridine rings is 1. The number of nitrogens with zero attached hydrogens (tertiary/aromatic N) is 4. The van der Waals surface area contributed by atoms with Gasteiger partial charge in [0.2, 0.25) is 0 Å². The molecule has 0 spiro atoms. The molecule has 0 saturated carbocycles. The largest absolute Gasteiger partial charge is 0.304 e. The van der Waals surface area contributed by atoms with Crippen LogP contribution in [0.5, 0.6) is 0 Å². The van der Waals surface area contributed by atoms with E-state index in [1.54, 1.807) is 0 Å². The van der Waals surface area contributed by atoms with E-state index in [9.17, 15) is 0 Å². The average Bonchev–Trinajstić information content (AvgIpc) is 3.21. The van der Waals surface area contributed by atoms with E-state index >= 15 is 0 Å². The molecular weight excluding hydrogens is 861 g/mol. The monoisotopic (exact) mass is 904 g/mol. The molecule has 8 aromatic rings. The number of rotatable bonds is 8. The van der Waals surface area contributed by atoms with Crippen molar-refractivity contribution < 1.29 is 20.1 Å². The minimum Gasteiger partial charge on any atom is -0.304 e. The zero-order chi connectivity index (χ0) is 37.9. The molecule has 5 heteroatoms. The van der Waals surface area contributed by atoms with Crippen LogP contribution in [0.25, 0.3) is 67.4 Å². The Kier molecular flexibility index (Phi) is 11.3. The van der Waals surface area contributed by atoms with Crippen LogP contribution in [0, 0.1) is 19.9 Å². The van der Waals surface area contributed by atoms with Gasteiger partial charge in [-0.15, -0.1) is 23.8 Å². The van der Waals surface area contributed by atoms with Crippen LogP contribution in [0.1, 0.15) is 48.8 Å². The summed E-state index contributed by atoms with van der Waals surface area (Å²) in [7, 11) is 0. The Hall–Kier alpha value is -5.87. The van der Waals surface area contributed by atoms with Gasteiger partial charge in [-0.2, -0.15) is 0 Å². The summed E-state index contributed by atoms with van der Waals surface area (Å²) >= 11 is 0. The molecule has 0 unspecified atom stereocenters. The Bertz CT molecular complexity index is 2570. The minimum absolute atomic E-state index is 0. The van der Waals surface area contributed by atoms with E-state index < -0.39 is 0 Å². The first-order chi connectivity index (χ1) is 26.7. The van der Waals surface area contributed by atoms with Gasteiger partial charge in [-0.25, -0.2) is 15.0 Å². The van der Waals surface area contributed by atoms with Crippen molar-refractivity contribution in [2.75, 3.05) is 0 Å². The van der Waals surface area contributed by atoms with Crippen LogP contribution in [0.15, 0.2) is 158 Å². The number of hydrogen-bond donors (Lipinski definition) is 0. The van der Waals surface area contributed by atoms with Crippen molar-refractivity contribution in [3.63, 3.8) is 0 Å². The SMILES string of the molecule is Cc1cc(C)cc(-c2ccccc2-c2c[c-]c(-c3ccc(-c4nc(Cc5ccccc5)nc(-c5ccccc5)n4)cn3)cc2-c2ccc(C(C)(C)C)cc2)c1.[Ir]. The summed E-state index contributed by atoms with van der Waals surface area (Å²) in [6.07, 6.45) is 2.47. The Balaban J connectivity index is 0.00000480. The Morgan fingerprint density at radius 3 is 1.77 bits per heavy atom. The van der Waals surface area contributed by atoms with Crippen LogP contribution in [-0.2, 0) is 31.9 Å². The molecule has 2 heterocycles. The van der Waals surface area contributed by atoms with Crippen LogP contribution < -0.4 is 0 Å². The first-order valence-electron chi connectivity index (χ1n) is 18.8. The predicted octanol–water partition coefficient (Wildman–Crippen LogP) is 12.6. The number of aryl methyl sites for hydroxylation is 2. The third kappa shape index (κ3) is 8.50. The molecule has 4 nitrogen and oxygen atoms in total. The fraction of sp³-hybridized carbons (Fsp3) is 0.137. The standard InChI is InChI=1S/C51H43N4.Ir/c1-34-28-35(2)30-41(29-34)43-18-12-13-19-44(43)45-26-22-39(32-46(45)37-20-24-42(25-21-37)51(3,4)5)47-27-23-40(33-52-47)50-54-48(31-36-14-8-6-9-15-36)53-49(55-50)38-16-10-7-11-17-38;/h6-21,23-30,32-33H,31H2,1-5H3;/q-1;. The van der Waals surface area contributed by atoms with E-state index in [1.807, 2.05) is 66.9 Å². The van der Waals surface area contributed by atoms with E-state index in [-0.39, 0.29) is 25.5 Å². The Labute approximate surface area is 344 Å². The van der Waals surface area contributed by atoms with Crippen molar-refractivity contribution in [2.45, 2.75) is 46.5 Å². The maximum atomic E-state index is 4.98. The minimum atomic E-state index is 0. The molecule has 0 atom stereocenters. The van der Waals surface area contributed by atoms with Gasteiger partial charge in [-0.3, -0.25) is 0 Å². The molecule has 0 N–H and O–H groups in total. The van der Waals surface area contributed by atoms with Gasteiger partial charge in [-0.05, 0) is 52.8 Å². The van der Waals surface area contributed by atoms with E-state index in [1.165, 1.54) is 33.4 Å². The smallest absolute Gasteiger partial charge is 0.165 e. The predicted molar refractivity (Wildman–Crippen MR) is 226 cm³/mol. The second kappa shape index (κ2) is 16.5. The van der Waals surface area contributed by atoms with E-state index in [0.717, 1.165) is 44.6 Å². The van der Waals surface area contributed by atoms with Crippen molar-refractivity contribution >= 4 is 0 Å². The first kappa shape index (κ1) is 38.4. The van der Waals surface area contributed by atoms with Gasteiger partial charge in [0.05, 0.1) is 0 Å². The van der Waals surface area contributed by atoms with Crippen molar-refractivity contribution in [1.82, 2.24) is 19.9 Å². The number of benzene rings is 6. The summed E-state index contributed by atoms with van der Waals surface area (Å²) in [4.78, 5) is 19.7. The molecule has 2 aromatic heterocycles. The normalized spacial score (nSPS) is 11.2. The van der Waals surface area contributed by atoms with Crippen molar-refractivity contribution in [3.05, 3.63) is 192 Å². The van der Waals surface area contributed by atoms with Crippen LogP contribution in [-0.4, -0.2) is 19.9 Å². The summed E-state index contributed by atoms with van der Waals surface area (Å²) < 4.78 is 0. The van der Waals surface area contributed by atoms with Gasteiger partial charge in [0.15, 0.2) is 11.6 Å². The van der Waals surface area contributed by atoms with Gasteiger partial charge in [0.1, 0.15) is 5.82 Å². The molecule has 8 rings (SSSR count). The fourth-order valence-electron chi connectivity index (χ4n) is 7.16. The number of hydrogen-bond acceptors (Lipinski definition) is 4. The van der Waals surface area contributed by atoms with E-state index in [2.05, 4.69) is 132 Å². The van der Waals surface area contributed by atoms with Crippen LogP contribution >= 0.6 is 0 Å². The van der Waals surface area contributed by atoms with Crippen molar-refractivity contribution in [3.8, 4) is 67.4 Å². The first-order valence-corrected chi connectivity index (χ1v) is 18.8. The van der Waals surface area contributed by atoms with Gasteiger partial charge >= 0.3 is 0 Å². The molecular formula is C51H43IrN4-. The van der Waals surface area contributed by atoms with Gasteiger partial charge in [-0.1, -0.05) is 188 Å². The third-order valence-corrected chi connectivity index (χ3v) is 9.98. The summed E-state index contributed by atoms with van der Waals surface area (Å²) in [5.74, 6) is 1.96. The number of aromatic nitrogens is 4. The second-order valence-electron chi connectivity index (χ2n) is 15.3. The molecule has 6 aromatic carbocycles. The molecule has 56 heavy (non-hydrogen) atoms. The maximum absolute atomic E-state index is 4.98. The maximum Gasteiger partial charge on any atom is 0.165 e. The Morgan fingerprint density at radius 1 is 0.518 bits per heavy atom. The zero-order valence-corrected chi connectivity index (χ0v) is 34.7. The quantitative estimate of drug-likeness (QED) is 0.143. The second-order valence-corrected chi connectivity index (χ2v) is 15.3. The fourth-order valence-corrected chi connectivity index (χ4v) is 7.16. The van der Waals surface area contributed by atoms with Crippen LogP contribution in [0.2, 0.25) is 0 Å². The molecule has 0 fully saturated rings. The topological polar surface area (TPSA) is 51.6 Å². The summed E-state index contributed by atoms with van der Waals surface area (Å²) in [6, 6.07) is 56.9. The van der Waals surface area contributed by atoms with E-state index in [0.29, 0.717) is 23.9 Å². The van der Waals surface area contributed by atoms with Gasteiger partial charge in [0.25, 0.3) is 0 Å². The molecule has 1 radical (unpaired) electrons. The molecule has 0 amide bonds. The van der Waals surface area contributed by atoms with Gasteiger partial charge < -0.3 is 4.98 Å². The molecule has 0 bridgehead atoms.